The van der Waals surface area contributed by atoms with Gasteiger partial charge in [0.05, 0.1) is 17.0 Å². The van der Waals surface area contributed by atoms with E-state index in [1.807, 2.05) is 36.4 Å². The van der Waals surface area contributed by atoms with Gasteiger partial charge in [-0.25, -0.2) is 13.1 Å². The molecule has 0 bridgehead atoms. The largest absolute Gasteiger partial charge is 0.340 e. The molecule has 2 heterocycles. The first kappa shape index (κ1) is 23.6. The molecule has 10 heteroatoms. The summed E-state index contributed by atoms with van der Waals surface area (Å²) in [5.74, 6) is 0.542. The monoisotopic (exact) mass is 494 g/mol. The van der Waals surface area contributed by atoms with Gasteiger partial charge in [-0.2, -0.15) is 4.31 Å². The summed E-state index contributed by atoms with van der Waals surface area (Å²) in [6, 6.07) is 14.9. The van der Waals surface area contributed by atoms with Crippen LogP contribution >= 0.6 is 0 Å². The number of sulfonamides is 1. The number of rotatable bonds is 6. The first-order valence-electron chi connectivity index (χ1n) is 12.2. The summed E-state index contributed by atoms with van der Waals surface area (Å²) >= 11 is 0. The predicted molar refractivity (Wildman–Crippen MR) is 130 cm³/mol. The summed E-state index contributed by atoms with van der Waals surface area (Å²) in [5, 5.41) is 11.1. The highest BCUT2D eigenvalue weighted by molar-refractivity contribution is 7.89. The average Bonchev–Trinajstić information content (AvgIpc) is 3.45. The summed E-state index contributed by atoms with van der Waals surface area (Å²) in [6.45, 7) is 1.38. The van der Waals surface area contributed by atoms with Gasteiger partial charge in [-0.15, -0.1) is 5.10 Å². The summed E-state index contributed by atoms with van der Waals surface area (Å²) < 4.78 is 29.4. The van der Waals surface area contributed by atoms with Gasteiger partial charge >= 0.3 is 0 Å². The second-order valence-corrected chi connectivity index (χ2v) is 11.2. The molecule has 1 amide bonds. The van der Waals surface area contributed by atoms with Crippen LogP contribution in [-0.4, -0.2) is 69.9 Å². The van der Waals surface area contributed by atoms with E-state index in [2.05, 4.69) is 15.5 Å². The van der Waals surface area contributed by atoms with E-state index < -0.39 is 10.0 Å². The number of benzene rings is 2. The number of piperazine rings is 1. The molecule has 2 fully saturated rings. The number of nitrogens with zero attached hydrogens (tertiary/aromatic N) is 6. The van der Waals surface area contributed by atoms with E-state index in [4.69, 9.17) is 0 Å². The lowest BCUT2D eigenvalue weighted by atomic mass is 9.84. The second-order valence-electron chi connectivity index (χ2n) is 9.29. The van der Waals surface area contributed by atoms with Gasteiger partial charge in [-0.1, -0.05) is 43.5 Å². The molecular weight excluding hydrogens is 464 g/mol. The molecule has 1 aliphatic carbocycles. The van der Waals surface area contributed by atoms with Gasteiger partial charge in [0, 0.05) is 26.2 Å². The lowest BCUT2D eigenvalue weighted by Crippen LogP contribution is -2.50. The zero-order valence-corrected chi connectivity index (χ0v) is 20.5. The Kier molecular flexibility index (Phi) is 6.92. The van der Waals surface area contributed by atoms with Gasteiger partial charge < -0.3 is 4.90 Å². The minimum absolute atomic E-state index is 0.00550. The van der Waals surface area contributed by atoms with Crippen LogP contribution in [0.3, 0.4) is 0 Å². The Morgan fingerprint density at radius 1 is 0.886 bits per heavy atom. The van der Waals surface area contributed by atoms with Crippen LogP contribution in [-0.2, 0) is 21.2 Å². The van der Waals surface area contributed by atoms with Crippen LogP contribution in [0.15, 0.2) is 59.8 Å². The van der Waals surface area contributed by atoms with Crippen LogP contribution in [0.2, 0.25) is 0 Å². The maximum absolute atomic E-state index is 13.2. The Morgan fingerprint density at radius 2 is 1.57 bits per heavy atom. The fourth-order valence-electron chi connectivity index (χ4n) is 5.01. The Bertz CT molecular complexity index is 1230. The molecular formula is C25H30N6O3S. The fourth-order valence-corrected chi connectivity index (χ4v) is 6.43. The van der Waals surface area contributed by atoms with Crippen molar-refractivity contribution >= 4 is 15.9 Å². The van der Waals surface area contributed by atoms with Crippen molar-refractivity contribution in [1.29, 1.82) is 0 Å². The molecule has 35 heavy (non-hydrogen) atoms. The number of amides is 1. The van der Waals surface area contributed by atoms with Gasteiger partial charge in [0.25, 0.3) is 0 Å². The van der Waals surface area contributed by atoms with Crippen molar-refractivity contribution in [3.05, 3.63) is 66.0 Å². The molecule has 1 saturated carbocycles. The van der Waals surface area contributed by atoms with E-state index in [1.165, 1.54) is 48.3 Å². The molecule has 3 aromatic rings. The normalized spacial score (nSPS) is 18.0. The van der Waals surface area contributed by atoms with E-state index in [9.17, 15) is 13.2 Å². The molecule has 5 rings (SSSR count). The summed E-state index contributed by atoms with van der Waals surface area (Å²) in [7, 11) is -3.57. The first-order valence-corrected chi connectivity index (χ1v) is 13.6. The number of hydrogen-bond acceptors (Lipinski definition) is 6. The van der Waals surface area contributed by atoms with E-state index in [1.54, 1.807) is 21.7 Å². The van der Waals surface area contributed by atoms with Crippen molar-refractivity contribution in [2.24, 2.45) is 0 Å². The highest BCUT2D eigenvalue weighted by atomic mass is 32.2. The molecule has 0 radical (unpaired) electrons. The van der Waals surface area contributed by atoms with Crippen molar-refractivity contribution in [2.45, 2.75) is 49.3 Å². The number of aromatic nitrogens is 4. The lowest BCUT2D eigenvalue weighted by Gasteiger charge is -2.34. The van der Waals surface area contributed by atoms with Crippen LogP contribution < -0.4 is 0 Å². The summed E-state index contributed by atoms with van der Waals surface area (Å²) in [6.07, 6.45) is 7.95. The van der Waals surface area contributed by atoms with Crippen molar-refractivity contribution in [1.82, 2.24) is 29.4 Å². The van der Waals surface area contributed by atoms with Crippen molar-refractivity contribution in [2.75, 3.05) is 26.2 Å². The predicted octanol–water partition coefficient (Wildman–Crippen LogP) is 2.79. The summed E-state index contributed by atoms with van der Waals surface area (Å²) in [4.78, 5) is 14.9. The number of carbonyl (C=O) groups is 1. The van der Waals surface area contributed by atoms with Crippen LogP contribution in [0.1, 0.15) is 49.1 Å². The molecule has 0 unspecified atom stereocenters. The molecule has 2 aromatic carbocycles. The Balaban J connectivity index is 1.16. The molecule has 0 atom stereocenters. The van der Waals surface area contributed by atoms with E-state index in [-0.39, 0.29) is 12.3 Å². The van der Waals surface area contributed by atoms with Gasteiger partial charge in [-0.3, -0.25) is 4.79 Å². The van der Waals surface area contributed by atoms with Crippen molar-refractivity contribution in [3.63, 3.8) is 0 Å². The average molecular weight is 495 g/mol. The van der Waals surface area contributed by atoms with Crippen LogP contribution in [0.25, 0.3) is 5.69 Å². The molecule has 1 aromatic heterocycles. The topological polar surface area (TPSA) is 101 Å². The molecule has 184 valence electrons. The second kappa shape index (κ2) is 10.2. The molecule has 1 aliphatic heterocycles. The Labute approximate surface area is 205 Å². The highest BCUT2D eigenvalue weighted by Gasteiger charge is 2.30. The third kappa shape index (κ3) is 5.28. The maximum atomic E-state index is 13.2. The van der Waals surface area contributed by atoms with Crippen LogP contribution in [0.4, 0.5) is 0 Å². The minimum Gasteiger partial charge on any atom is -0.340 e. The number of tetrazole rings is 1. The lowest BCUT2D eigenvalue weighted by molar-refractivity contribution is -0.131. The number of hydrogen-bond donors (Lipinski definition) is 0. The third-order valence-corrected chi connectivity index (χ3v) is 9.00. The molecule has 1 saturated heterocycles. The standard InChI is InChI=1S/C25H30N6O3S/c32-25(18-20-6-10-23(11-7-20)31-19-26-27-28-31)29-14-16-30(17-15-29)35(33,34)24-12-8-22(9-13-24)21-4-2-1-3-5-21/h6-13,19,21H,1-5,14-18H2. The molecule has 0 N–H and O–H groups in total. The Hall–Kier alpha value is -3.11. The molecule has 0 spiro atoms. The van der Waals surface area contributed by atoms with Gasteiger partial charge in [0.2, 0.25) is 15.9 Å². The van der Waals surface area contributed by atoms with E-state index in [0.717, 1.165) is 11.3 Å². The quantitative estimate of drug-likeness (QED) is 0.522. The SMILES string of the molecule is O=C(Cc1ccc(-n2cnnn2)cc1)N1CCN(S(=O)(=O)c2ccc(C3CCCCC3)cc2)CC1. The summed E-state index contributed by atoms with van der Waals surface area (Å²) in [5.41, 5.74) is 2.95. The maximum Gasteiger partial charge on any atom is 0.243 e. The highest BCUT2D eigenvalue weighted by Crippen LogP contribution is 2.33. The first-order chi connectivity index (χ1) is 17.0. The van der Waals surface area contributed by atoms with Gasteiger partial charge in [0.1, 0.15) is 6.33 Å². The zero-order valence-electron chi connectivity index (χ0n) is 19.7. The van der Waals surface area contributed by atoms with Gasteiger partial charge in [0.15, 0.2) is 0 Å². The van der Waals surface area contributed by atoms with E-state index in [0.29, 0.717) is 37.0 Å². The van der Waals surface area contributed by atoms with Crippen LogP contribution in [0.5, 0.6) is 0 Å². The molecule has 2 aliphatic rings. The fraction of sp³-hybridized carbons (Fsp3) is 0.440. The van der Waals surface area contributed by atoms with Crippen molar-refractivity contribution < 1.29 is 13.2 Å². The van der Waals surface area contributed by atoms with Gasteiger partial charge in [-0.05, 0) is 64.6 Å². The number of carbonyl (C=O) groups excluding carboxylic acids is 1. The third-order valence-electron chi connectivity index (χ3n) is 7.09. The smallest absolute Gasteiger partial charge is 0.243 e. The Morgan fingerprint density at radius 3 is 2.20 bits per heavy atom. The zero-order chi connectivity index (χ0) is 24.3. The minimum atomic E-state index is -3.57. The molecule has 9 nitrogen and oxygen atoms in total. The van der Waals surface area contributed by atoms with Crippen molar-refractivity contribution in [3.8, 4) is 5.69 Å². The van der Waals surface area contributed by atoms with Crippen LogP contribution in [0, 0.1) is 0 Å². The van der Waals surface area contributed by atoms with E-state index >= 15 is 0 Å².